The number of aromatic amines is 1. The topological polar surface area (TPSA) is 83.1 Å². The maximum absolute atomic E-state index is 11.7. The monoisotopic (exact) mass is 387 g/mol. The largest absolute Gasteiger partial charge is 0.444 e. The van der Waals surface area contributed by atoms with E-state index in [1.54, 1.807) is 6.20 Å². The van der Waals surface area contributed by atoms with E-state index in [0.717, 1.165) is 37.4 Å². The number of nitrogens with one attached hydrogen (secondary N) is 2. The van der Waals surface area contributed by atoms with Gasteiger partial charge in [0.2, 0.25) is 0 Å². The first-order valence-corrected chi connectivity index (χ1v) is 9.87. The molecule has 0 bridgehead atoms. The molecule has 28 heavy (non-hydrogen) atoms. The molecule has 1 atom stereocenters. The van der Waals surface area contributed by atoms with Crippen molar-refractivity contribution < 1.29 is 9.53 Å². The predicted octanol–water partition coefficient (Wildman–Crippen LogP) is 3.98. The Balaban J connectivity index is 1.88. The van der Waals surface area contributed by atoms with Gasteiger partial charge in [-0.1, -0.05) is 6.07 Å². The van der Waals surface area contributed by atoms with Gasteiger partial charge < -0.3 is 15.0 Å². The number of aromatic nitrogens is 3. The molecule has 154 valence electrons. The van der Waals surface area contributed by atoms with Gasteiger partial charge in [0.1, 0.15) is 11.4 Å². The van der Waals surface area contributed by atoms with Crippen molar-refractivity contribution in [3.05, 3.63) is 47.8 Å². The molecule has 0 spiro atoms. The molecule has 2 aromatic heterocycles. The van der Waals surface area contributed by atoms with E-state index in [1.807, 2.05) is 39.2 Å². The molecular formula is C21H33N5O2. The fraction of sp³-hybridized carbons (Fsp3) is 0.571. The first-order valence-electron chi connectivity index (χ1n) is 9.87. The Hall–Kier alpha value is -2.41. The van der Waals surface area contributed by atoms with Crippen LogP contribution in [-0.2, 0) is 11.3 Å². The fourth-order valence-electron chi connectivity index (χ4n) is 2.91. The summed E-state index contributed by atoms with van der Waals surface area (Å²) >= 11 is 0. The molecule has 2 N–H and O–H groups in total. The average molecular weight is 388 g/mol. The second-order valence-electron chi connectivity index (χ2n) is 8.02. The highest BCUT2D eigenvalue weighted by atomic mass is 16.6. The number of aryl methyl sites for hydroxylation is 1. The minimum Gasteiger partial charge on any atom is -0.444 e. The summed E-state index contributed by atoms with van der Waals surface area (Å²) in [5.74, 6) is 0.945. The standard InChI is InChI=1S/C21H33N5O2/c1-16-9-8-11-22-18(16)15-26(17(2)19-23-12-13-24-19)14-7-6-10-25-20(27)28-21(3,4)5/h8-9,11-13,17H,6-7,10,14-15H2,1-5H3,(H,23,24)(H,25,27). The number of unbranched alkanes of at least 4 members (excludes halogenated alkanes) is 1. The molecule has 7 nitrogen and oxygen atoms in total. The molecule has 0 fully saturated rings. The van der Waals surface area contributed by atoms with E-state index in [4.69, 9.17) is 4.74 Å². The van der Waals surface area contributed by atoms with Gasteiger partial charge in [-0.3, -0.25) is 9.88 Å². The van der Waals surface area contributed by atoms with Crippen molar-refractivity contribution in [2.45, 2.75) is 65.6 Å². The second-order valence-corrected chi connectivity index (χ2v) is 8.02. The lowest BCUT2D eigenvalue weighted by Crippen LogP contribution is -2.33. The number of pyridine rings is 1. The summed E-state index contributed by atoms with van der Waals surface area (Å²) in [5.41, 5.74) is 1.79. The Bertz CT molecular complexity index is 725. The highest BCUT2D eigenvalue weighted by molar-refractivity contribution is 5.67. The summed E-state index contributed by atoms with van der Waals surface area (Å²) in [6, 6.07) is 4.19. The molecule has 7 heteroatoms. The van der Waals surface area contributed by atoms with Gasteiger partial charge in [-0.2, -0.15) is 0 Å². The number of nitrogens with zero attached hydrogens (tertiary/aromatic N) is 3. The summed E-state index contributed by atoms with van der Waals surface area (Å²) in [6.07, 6.45) is 6.93. The van der Waals surface area contributed by atoms with Gasteiger partial charge in [0.15, 0.2) is 0 Å². The molecule has 0 saturated heterocycles. The Labute approximate surface area is 167 Å². The molecule has 1 amide bonds. The third-order valence-corrected chi connectivity index (χ3v) is 4.47. The molecule has 0 radical (unpaired) electrons. The second kappa shape index (κ2) is 10.2. The summed E-state index contributed by atoms with van der Waals surface area (Å²) in [4.78, 5) is 26.3. The zero-order valence-corrected chi connectivity index (χ0v) is 17.7. The van der Waals surface area contributed by atoms with Crippen molar-refractivity contribution in [3.8, 4) is 0 Å². The van der Waals surface area contributed by atoms with Crippen LogP contribution in [0.15, 0.2) is 30.7 Å². The first kappa shape index (κ1) is 21.9. The Morgan fingerprint density at radius 1 is 1.29 bits per heavy atom. The molecular weight excluding hydrogens is 354 g/mol. The van der Waals surface area contributed by atoms with E-state index in [9.17, 15) is 4.79 Å². The lowest BCUT2D eigenvalue weighted by atomic mass is 10.1. The molecule has 2 aromatic rings. The quantitative estimate of drug-likeness (QED) is 0.636. The van der Waals surface area contributed by atoms with Gasteiger partial charge in [0.05, 0.1) is 11.7 Å². The molecule has 0 aliphatic rings. The van der Waals surface area contributed by atoms with Crippen LogP contribution in [0.5, 0.6) is 0 Å². The molecule has 0 aliphatic heterocycles. The van der Waals surface area contributed by atoms with Crippen LogP contribution in [0, 0.1) is 6.92 Å². The molecule has 2 heterocycles. The number of rotatable bonds is 9. The SMILES string of the molecule is Cc1cccnc1CN(CCCCNC(=O)OC(C)(C)C)C(C)c1ncc[nH]1. The van der Waals surface area contributed by atoms with Crippen LogP contribution in [-0.4, -0.2) is 44.6 Å². The smallest absolute Gasteiger partial charge is 0.407 e. The third kappa shape index (κ3) is 7.31. The number of alkyl carbamates (subject to hydrolysis) is 1. The Morgan fingerprint density at radius 3 is 2.71 bits per heavy atom. The molecule has 1 unspecified atom stereocenters. The highest BCUT2D eigenvalue weighted by Gasteiger charge is 2.19. The number of ether oxygens (including phenoxy) is 1. The molecule has 2 rings (SSSR count). The number of hydrogen-bond donors (Lipinski definition) is 2. The summed E-state index contributed by atoms with van der Waals surface area (Å²) in [5, 5.41) is 2.82. The highest BCUT2D eigenvalue weighted by Crippen LogP contribution is 2.20. The van der Waals surface area contributed by atoms with E-state index in [1.165, 1.54) is 5.56 Å². The molecule has 0 aromatic carbocycles. The van der Waals surface area contributed by atoms with Gasteiger partial charge in [-0.05, 0) is 65.6 Å². The third-order valence-electron chi connectivity index (χ3n) is 4.47. The summed E-state index contributed by atoms with van der Waals surface area (Å²) in [7, 11) is 0. The molecule has 0 saturated carbocycles. The van der Waals surface area contributed by atoms with Crippen LogP contribution in [0.3, 0.4) is 0 Å². The van der Waals surface area contributed by atoms with Crippen LogP contribution < -0.4 is 5.32 Å². The first-order chi connectivity index (χ1) is 13.3. The van der Waals surface area contributed by atoms with Crippen LogP contribution in [0.2, 0.25) is 0 Å². The zero-order valence-electron chi connectivity index (χ0n) is 17.7. The maximum atomic E-state index is 11.7. The lowest BCUT2D eigenvalue weighted by molar-refractivity contribution is 0.0526. The number of imidazole rings is 1. The number of H-pyrrole nitrogens is 1. The van der Waals surface area contributed by atoms with Crippen molar-refractivity contribution in [1.82, 2.24) is 25.2 Å². The Kier molecular flexibility index (Phi) is 7.99. The van der Waals surface area contributed by atoms with Crippen molar-refractivity contribution in [3.63, 3.8) is 0 Å². The van der Waals surface area contributed by atoms with Gasteiger partial charge in [-0.15, -0.1) is 0 Å². The lowest BCUT2D eigenvalue weighted by Gasteiger charge is -2.28. The Morgan fingerprint density at radius 2 is 2.07 bits per heavy atom. The van der Waals surface area contributed by atoms with Crippen LogP contribution in [0.4, 0.5) is 4.79 Å². The van der Waals surface area contributed by atoms with Crippen LogP contribution in [0.1, 0.15) is 63.7 Å². The maximum Gasteiger partial charge on any atom is 0.407 e. The van der Waals surface area contributed by atoms with Gasteiger partial charge >= 0.3 is 6.09 Å². The normalized spacial score (nSPS) is 12.8. The fourth-order valence-corrected chi connectivity index (χ4v) is 2.91. The average Bonchev–Trinajstić information content (AvgIpc) is 3.14. The van der Waals surface area contributed by atoms with Gasteiger partial charge in [0.25, 0.3) is 0 Å². The van der Waals surface area contributed by atoms with Gasteiger partial charge in [0, 0.05) is 31.7 Å². The van der Waals surface area contributed by atoms with E-state index in [-0.39, 0.29) is 12.1 Å². The molecule has 0 aliphatic carbocycles. The number of amides is 1. The van der Waals surface area contributed by atoms with E-state index in [0.29, 0.717) is 6.54 Å². The van der Waals surface area contributed by atoms with Crippen molar-refractivity contribution >= 4 is 6.09 Å². The zero-order chi connectivity index (χ0) is 20.6. The summed E-state index contributed by atoms with van der Waals surface area (Å²) in [6.45, 7) is 12.1. The van der Waals surface area contributed by atoms with Gasteiger partial charge in [-0.25, -0.2) is 9.78 Å². The number of hydrogen-bond acceptors (Lipinski definition) is 5. The number of carbonyl (C=O) groups excluding carboxylic acids is 1. The van der Waals surface area contributed by atoms with Crippen molar-refractivity contribution in [1.29, 1.82) is 0 Å². The van der Waals surface area contributed by atoms with E-state index in [2.05, 4.69) is 45.1 Å². The van der Waals surface area contributed by atoms with E-state index < -0.39 is 5.60 Å². The van der Waals surface area contributed by atoms with Crippen molar-refractivity contribution in [2.75, 3.05) is 13.1 Å². The van der Waals surface area contributed by atoms with Crippen LogP contribution in [0.25, 0.3) is 0 Å². The van der Waals surface area contributed by atoms with Crippen LogP contribution >= 0.6 is 0 Å². The minimum absolute atomic E-state index is 0.148. The number of carbonyl (C=O) groups is 1. The van der Waals surface area contributed by atoms with E-state index >= 15 is 0 Å². The summed E-state index contributed by atoms with van der Waals surface area (Å²) < 4.78 is 5.26. The predicted molar refractivity (Wildman–Crippen MR) is 110 cm³/mol. The minimum atomic E-state index is -0.472. The van der Waals surface area contributed by atoms with Crippen molar-refractivity contribution in [2.24, 2.45) is 0 Å².